The molecular weight excluding hydrogens is 347 g/mol. The van der Waals surface area contributed by atoms with Crippen LogP contribution in [0.25, 0.3) is 0 Å². The summed E-state index contributed by atoms with van der Waals surface area (Å²) in [5, 5.41) is 16.7. The van der Waals surface area contributed by atoms with Crippen molar-refractivity contribution in [1.82, 2.24) is 10.3 Å². The van der Waals surface area contributed by atoms with E-state index in [9.17, 15) is 23.1 Å². The number of nitrogens with zero attached hydrogens (tertiary/aromatic N) is 1. The lowest BCUT2D eigenvalue weighted by Crippen LogP contribution is -2.37. The molecule has 0 aliphatic rings. The second kappa shape index (κ2) is 7.97. The molecule has 0 spiro atoms. The van der Waals surface area contributed by atoms with E-state index >= 15 is 0 Å². The van der Waals surface area contributed by atoms with Crippen molar-refractivity contribution in [3.05, 3.63) is 41.4 Å². The maximum atomic E-state index is 12.6. The first kappa shape index (κ1) is 18.0. The maximum absolute atomic E-state index is 12.6. The number of halogens is 3. The van der Waals surface area contributed by atoms with Crippen LogP contribution in [0.2, 0.25) is 0 Å². The molecule has 0 saturated carbocycles. The molecule has 2 rings (SSSR count). The average Bonchev–Trinajstić information content (AvgIpc) is 3.03. The van der Waals surface area contributed by atoms with Crippen LogP contribution in [0.1, 0.15) is 5.56 Å². The van der Waals surface area contributed by atoms with Gasteiger partial charge in [-0.2, -0.15) is 13.2 Å². The van der Waals surface area contributed by atoms with E-state index in [1.54, 1.807) is 5.38 Å². The van der Waals surface area contributed by atoms with Crippen molar-refractivity contribution in [1.29, 1.82) is 0 Å². The molecule has 10 heteroatoms. The summed E-state index contributed by atoms with van der Waals surface area (Å²) >= 11 is 1.23. The Kier molecular flexibility index (Phi) is 5.99. The number of aliphatic hydroxyl groups excluding tert-OH is 1. The number of carbonyl (C=O) groups is 1. The Morgan fingerprint density at radius 3 is 2.88 bits per heavy atom. The van der Waals surface area contributed by atoms with Gasteiger partial charge in [-0.25, -0.2) is 9.78 Å². The number of aliphatic hydroxyl groups is 1. The van der Waals surface area contributed by atoms with Crippen LogP contribution in [0.15, 0.2) is 35.8 Å². The highest BCUT2D eigenvalue weighted by atomic mass is 32.1. The highest BCUT2D eigenvalue weighted by Crippen LogP contribution is 2.31. The Labute approximate surface area is 139 Å². The molecule has 0 radical (unpaired) electrons. The van der Waals surface area contributed by atoms with Crippen LogP contribution < -0.4 is 15.4 Å². The molecule has 130 valence electrons. The lowest BCUT2D eigenvalue weighted by atomic mass is 10.2. The number of ether oxygens (including phenoxy) is 1. The number of anilines is 1. The van der Waals surface area contributed by atoms with Crippen molar-refractivity contribution in [2.24, 2.45) is 0 Å². The number of hydrogen-bond donors (Lipinski definition) is 3. The number of rotatable bonds is 6. The van der Waals surface area contributed by atoms with Crippen LogP contribution >= 0.6 is 11.3 Å². The van der Waals surface area contributed by atoms with E-state index < -0.39 is 23.9 Å². The van der Waals surface area contributed by atoms with E-state index in [0.717, 1.165) is 12.1 Å². The van der Waals surface area contributed by atoms with Gasteiger partial charge in [0.15, 0.2) is 5.13 Å². The number of urea groups is 1. The highest BCUT2D eigenvalue weighted by Gasteiger charge is 2.30. The number of aromatic nitrogens is 1. The molecule has 1 heterocycles. The predicted octanol–water partition coefficient (Wildman–Crippen LogP) is 2.72. The summed E-state index contributed by atoms with van der Waals surface area (Å²) < 4.78 is 42.8. The summed E-state index contributed by atoms with van der Waals surface area (Å²) in [4.78, 5) is 15.4. The maximum Gasteiger partial charge on any atom is 0.416 e. The van der Waals surface area contributed by atoms with Gasteiger partial charge in [0, 0.05) is 18.1 Å². The molecule has 1 atom stereocenters. The van der Waals surface area contributed by atoms with Crippen molar-refractivity contribution >= 4 is 22.5 Å². The van der Waals surface area contributed by atoms with Gasteiger partial charge < -0.3 is 15.2 Å². The number of thiazole rings is 1. The molecule has 0 aliphatic heterocycles. The van der Waals surface area contributed by atoms with Crippen molar-refractivity contribution in [3.63, 3.8) is 0 Å². The standard InChI is InChI=1S/C14H14F3N3O3S/c15-14(16,17)9-2-1-3-11(6-9)23-8-10(21)7-19-12(22)20-13-18-4-5-24-13/h1-6,10,21H,7-8H2,(H2,18,19,20,22). The summed E-state index contributed by atoms with van der Waals surface area (Å²) in [6, 6.07) is 3.78. The van der Waals surface area contributed by atoms with Crippen molar-refractivity contribution in [3.8, 4) is 5.75 Å². The van der Waals surface area contributed by atoms with Crippen molar-refractivity contribution in [2.75, 3.05) is 18.5 Å². The minimum atomic E-state index is -4.46. The van der Waals surface area contributed by atoms with Gasteiger partial charge in [0.1, 0.15) is 18.5 Å². The second-order valence-electron chi connectivity index (χ2n) is 4.66. The van der Waals surface area contributed by atoms with Gasteiger partial charge in [0.2, 0.25) is 0 Å². The molecule has 1 aromatic carbocycles. The van der Waals surface area contributed by atoms with Crippen LogP contribution in [0, 0.1) is 0 Å². The number of carbonyl (C=O) groups excluding carboxylic acids is 1. The minimum absolute atomic E-state index is 0.0175. The number of hydrogen-bond acceptors (Lipinski definition) is 5. The SMILES string of the molecule is O=C(NCC(O)COc1cccc(C(F)(F)F)c1)Nc1nccs1. The fourth-order valence-corrected chi connectivity index (χ4v) is 2.17. The van der Waals surface area contributed by atoms with Crippen molar-refractivity contribution < 1.29 is 27.8 Å². The summed E-state index contributed by atoms with van der Waals surface area (Å²) in [6.45, 7) is -0.394. The molecule has 3 N–H and O–H groups in total. The smallest absolute Gasteiger partial charge is 0.416 e. The van der Waals surface area contributed by atoms with Crippen LogP contribution in [-0.4, -0.2) is 35.4 Å². The Balaban J connectivity index is 1.75. The van der Waals surface area contributed by atoms with Gasteiger partial charge in [-0.1, -0.05) is 6.07 Å². The molecule has 1 aromatic heterocycles. The summed E-state index contributed by atoms with van der Waals surface area (Å²) in [7, 11) is 0. The van der Waals surface area contributed by atoms with E-state index in [0.29, 0.717) is 5.13 Å². The second-order valence-corrected chi connectivity index (χ2v) is 5.56. The first-order chi connectivity index (χ1) is 11.3. The average molecular weight is 361 g/mol. The van der Waals surface area contributed by atoms with Gasteiger partial charge in [0.25, 0.3) is 0 Å². The third-order valence-electron chi connectivity index (χ3n) is 2.75. The summed E-state index contributed by atoms with van der Waals surface area (Å²) in [5.74, 6) is -0.0175. The van der Waals surface area contributed by atoms with Gasteiger partial charge in [-0.05, 0) is 18.2 Å². The molecule has 6 nitrogen and oxygen atoms in total. The third-order valence-corrected chi connectivity index (χ3v) is 3.44. The zero-order valence-electron chi connectivity index (χ0n) is 12.2. The van der Waals surface area contributed by atoms with Gasteiger partial charge in [-0.3, -0.25) is 5.32 Å². The molecular formula is C14H14F3N3O3S. The zero-order valence-corrected chi connectivity index (χ0v) is 13.0. The number of amides is 2. The van der Waals surface area contributed by atoms with E-state index in [2.05, 4.69) is 15.6 Å². The van der Waals surface area contributed by atoms with Crippen LogP contribution in [0.3, 0.4) is 0 Å². The van der Waals surface area contributed by atoms with Gasteiger partial charge >= 0.3 is 12.2 Å². The monoisotopic (exact) mass is 361 g/mol. The largest absolute Gasteiger partial charge is 0.491 e. The zero-order chi connectivity index (χ0) is 17.6. The molecule has 0 fully saturated rings. The quantitative estimate of drug-likeness (QED) is 0.739. The Morgan fingerprint density at radius 2 is 2.21 bits per heavy atom. The number of benzene rings is 1. The van der Waals surface area contributed by atoms with Crippen LogP contribution in [0.4, 0.5) is 23.1 Å². The Morgan fingerprint density at radius 1 is 1.42 bits per heavy atom. The topological polar surface area (TPSA) is 83.5 Å². The number of nitrogens with one attached hydrogen (secondary N) is 2. The summed E-state index contributed by atoms with van der Waals surface area (Å²) in [6.07, 6.45) is -4.02. The third kappa shape index (κ3) is 5.70. The molecule has 0 saturated heterocycles. The lowest BCUT2D eigenvalue weighted by molar-refractivity contribution is -0.137. The molecule has 0 bridgehead atoms. The van der Waals surface area contributed by atoms with Crippen molar-refractivity contribution in [2.45, 2.75) is 12.3 Å². The lowest BCUT2D eigenvalue weighted by Gasteiger charge is -2.14. The van der Waals surface area contributed by atoms with E-state index in [-0.39, 0.29) is 18.9 Å². The predicted molar refractivity (Wildman–Crippen MR) is 82.1 cm³/mol. The Hall–Kier alpha value is -2.33. The first-order valence-electron chi connectivity index (χ1n) is 6.77. The van der Waals surface area contributed by atoms with Crippen LogP contribution in [-0.2, 0) is 6.18 Å². The minimum Gasteiger partial charge on any atom is -0.491 e. The van der Waals surface area contributed by atoms with Gasteiger partial charge in [-0.15, -0.1) is 11.3 Å². The first-order valence-corrected chi connectivity index (χ1v) is 7.65. The normalized spacial score (nSPS) is 12.5. The molecule has 24 heavy (non-hydrogen) atoms. The van der Waals surface area contributed by atoms with Gasteiger partial charge in [0.05, 0.1) is 5.56 Å². The fourth-order valence-electron chi connectivity index (χ4n) is 1.65. The van der Waals surface area contributed by atoms with E-state index in [4.69, 9.17) is 4.74 Å². The molecule has 2 amide bonds. The number of alkyl halides is 3. The summed E-state index contributed by atoms with van der Waals surface area (Å²) in [5.41, 5.74) is -0.838. The molecule has 2 aromatic rings. The molecule has 1 unspecified atom stereocenters. The Bertz CT molecular complexity index is 665. The fraction of sp³-hybridized carbons (Fsp3) is 0.286. The molecule has 0 aliphatic carbocycles. The van der Waals surface area contributed by atoms with Crippen LogP contribution in [0.5, 0.6) is 5.75 Å². The highest BCUT2D eigenvalue weighted by molar-refractivity contribution is 7.13. The van der Waals surface area contributed by atoms with E-state index in [1.807, 2.05) is 0 Å². The van der Waals surface area contributed by atoms with E-state index in [1.165, 1.54) is 29.7 Å².